The smallest absolute Gasteiger partial charge is 0.203 e. The van der Waals surface area contributed by atoms with Crippen LogP contribution in [-0.2, 0) is 6.42 Å². The van der Waals surface area contributed by atoms with Crippen LogP contribution in [0.25, 0.3) is 11.0 Å². The van der Waals surface area contributed by atoms with Gasteiger partial charge in [-0.2, -0.15) is 0 Å². The van der Waals surface area contributed by atoms with Gasteiger partial charge in [-0.15, -0.1) is 0 Å². The molecule has 0 saturated heterocycles. The summed E-state index contributed by atoms with van der Waals surface area (Å²) in [4.78, 5) is 22.2. The lowest BCUT2D eigenvalue weighted by Gasteiger charge is -1.99. The maximum absolute atomic E-state index is 11.7. The van der Waals surface area contributed by atoms with E-state index in [2.05, 4.69) is 0 Å². The van der Waals surface area contributed by atoms with E-state index in [4.69, 9.17) is 4.42 Å². The normalized spacial score (nSPS) is 10.5. The van der Waals surface area contributed by atoms with Crippen LogP contribution < -0.4 is 5.43 Å². The zero-order valence-corrected chi connectivity index (χ0v) is 8.32. The largest absolute Gasteiger partial charge is 0.463 e. The maximum Gasteiger partial charge on any atom is 0.203 e. The molecular formula is C12H10O3. The molecule has 0 atom stereocenters. The van der Waals surface area contributed by atoms with E-state index in [1.165, 1.54) is 6.26 Å². The third kappa shape index (κ3) is 1.56. The number of aryl methyl sites for hydroxylation is 1. The molecule has 0 spiro atoms. The Labute approximate surface area is 86.3 Å². The highest BCUT2D eigenvalue weighted by Crippen LogP contribution is 2.13. The lowest BCUT2D eigenvalue weighted by atomic mass is 10.1. The highest BCUT2D eigenvalue weighted by molar-refractivity contribution is 5.84. The fourth-order valence-corrected chi connectivity index (χ4v) is 1.49. The van der Waals surface area contributed by atoms with Crippen LogP contribution in [0.5, 0.6) is 0 Å². The minimum absolute atomic E-state index is 0.0618. The zero-order chi connectivity index (χ0) is 10.8. The van der Waals surface area contributed by atoms with Gasteiger partial charge in [-0.05, 0) is 24.1 Å². The van der Waals surface area contributed by atoms with Crippen molar-refractivity contribution < 1.29 is 9.21 Å². The van der Waals surface area contributed by atoms with E-state index in [1.54, 1.807) is 6.07 Å². The Morgan fingerprint density at radius 1 is 1.40 bits per heavy atom. The van der Waals surface area contributed by atoms with Crippen molar-refractivity contribution >= 4 is 17.3 Å². The van der Waals surface area contributed by atoms with Gasteiger partial charge in [-0.3, -0.25) is 9.59 Å². The standard InChI is InChI=1S/C12H10O3/c1-2-8-3-4-10-11(5-8)15-7-9(6-13)12(10)14/h3-7H,2H2,1H3. The number of carbonyl (C=O) groups excluding carboxylic acids is 1. The second-order valence-electron chi connectivity index (χ2n) is 3.32. The summed E-state index contributed by atoms with van der Waals surface area (Å²) in [7, 11) is 0. The SMILES string of the molecule is CCc1ccc2c(=O)c(C=O)coc2c1. The summed E-state index contributed by atoms with van der Waals surface area (Å²) in [6.07, 6.45) is 2.60. The van der Waals surface area contributed by atoms with E-state index in [9.17, 15) is 9.59 Å². The molecule has 0 aliphatic rings. The number of benzene rings is 1. The summed E-state index contributed by atoms with van der Waals surface area (Å²) >= 11 is 0. The second-order valence-corrected chi connectivity index (χ2v) is 3.32. The first-order chi connectivity index (χ1) is 7.26. The van der Waals surface area contributed by atoms with E-state index >= 15 is 0 Å². The van der Waals surface area contributed by atoms with E-state index in [-0.39, 0.29) is 11.0 Å². The first-order valence-electron chi connectivity index (χ1n) is 4.76. The lowest BCUT2D eigenvalue weighted by Crippen LogP contribution is -2.07. The molecule has 0 amide bonds. The third-order valence-electron chi connectivity index (χ3n) is 2.40. The molecule has 0 unspecified atom stereocenters. The van der Waals surface area contributed by atoms with Crippen molar-refractivity contribution in [2.75, 3.05) is 0 Å². The number of fused-ring (bicyclic) bond motifs is 1. The fourth-order valence-electron chi connectivity index (χ4n) is 1.49. The molecule has 1 aromatic heterocycles. The molecule has 0 bridgehead atoms. The Balaban J connectivity index is 2.79. The zero-order valence-electron chi connectivity index (χ0n) is 8.32. The lowest BCUT2D eigenvalue weighted by molar-refractivity contribution is 0.112. The van der Waals surface area contributed by atoms with E-state index in [0.717, 1.165) is 12.0 Å². The molecule has 1 heterocycles. The van der Waals surface area contributed by atoms with Gasteiger partial charge >= 0.3 is 0 Å². The van der Waals surface area contributed by atoms with Crippen LogP contribution in [0.2, 0.25) is 0 Å². The molecule has 0 fully saturated rings. The van der Waals surface area contributed by atoms with Crippen LogP contribution in [0, 0.1) is 0 Å². The summed E-state index contributed by atoms with van der Waals surface area (Å²) in [5.74, 6) is 0. The minimum Gasteiger partial charge on any atom is -0.463 e. The Morgan fingerprint density at radius 2 is 2.20 bits per heavy atom. The fraction of sp³-hybridized carbons (Fsp3) is 0.167. The van der Waals surface area contributed by atoms with Crippen molar-refractivity contribution in [2.24, 2.45) is 0 Å². The highest BCUT2D eigenvalue weighted by Gasteiger charge is 2.05. The molecule has 0 saturated carbocycles. The minimum atomic E-state index is -0.270. The average molecular weight is 202 g/mol. The molecule has 0 N–H and O–H groups in total. The van der Waals surface area contributed by atoms with Gasteiger partial charge in [0, 0.05) is 0 Å². The Kier molecular flexibility index (Phi) is 2.37. The molecule has 3 nitrogen and oxygen atoms in total. The molecule has 0 aliphatic carbocycles. The topological polar surface area (TPSA) is 47.3 Å². The van der Waals surface area contributed by atoms with Crippen molar-refractivity contribution in [1.29, 1.82) is 0 Å². The second kappa shape index (κ2) is 3.69. The molecule has 76 valence electrons. The number of aldehydes is 1. The monoisotopic (exact) mass is 202 g/mol. The van der Waals surface area contributed by atoms with Gasteiger partial charge < -0.3 is 4.42 Å². The Morgan fingerprint density at radius 3 is 2.87 bits per heavy atom. The molecule has 0 radical (unpaired) electrons. The van der Waals surface area contributed by atoms with E-state index in [0.29, 0.717) is 17.3 Å². The highest BCUT2D eigenvalue weighted by atomic mass is 16.3. The number of hydrogen-bond acceptors (Lipinski definition) is 3. The predicted octanol–water partition coefficient (Wildman–Crippen LogP) is 2.17. The molecule has 2 aromatic rings. The first kappa shape index (κ1) is 9.65. The van der Waals surface area contributed by atoms with Crippen LogP contribution >= 0.6 is 0 Å². The third-order valence-corrected chi connectivity index (χ3v) is 2.40. The Bertz CT molecular complexity index is 567. The van der Waals surface area contributed by atoms with Crippen LogP contribution in [0.15, 0.2) is 33.7 Å². The van der Waals surface area contributed by atoms with Gasteiger partial charge in [-0.25, -0.2) is 0 Å². The van der Waals surface area contributed by atoms with Crippen LogP contribution in [0.1, 0.15) is 22.8 Å². The van der Waals surface area contributed by atoms with Gasteiger partial charge in [-0.1, -0.05) is 13.0 Å². The van der Waals surface area contributed by atoms with Crippen LogP contribution in [-0.4, -0.2) is 6.29 Å². The summed E-state index contributed by atoms with van der Waals surface area (Å²) in [5.41, 5.74) is 1.43. The molecule has 2 rings (SSSR count). The quantitative estimate of drug-likeness (QED) is 0.701. The molecule has 1 aromatic carbocycles. The average Bonchev–Trinajstić information content (AvgIpc) is 2.29. The predicted molar refractivity (Wildman–Crippen MR) is 57.2 cm³/mol. The van der Waals surface area contributed by atoms with Crippen molar-refractivity contribution in [1.82, 2.24) is 0 Å². The maximum atomic E-state index is 11.7. The van der Waals surface area contributed by atoms with Gasteiger partial charge in [0.05, 0.1) is 10.9 Å². The summed E-state index contributed by atoms with van der Waals surface area (Å²) in [5, 5.41) is 0.455. The Hall–Kier alpha value is -1.90. The van der Waals surface area contributed by atoms with Gasteiger partial charge in [0.25, 0.3) is 0 Å². The number of hydrogen-bond donors (Lipinski definition) is 0. The van der Waals surface area contributed by atoms with E-state index < -0.39 is 0 Å². The van der Waals surface area contributed by atoms with Gasteiger partial charge in [0.1, 0.15) is 11.8 Å². The summed E-state index contributed by atoms with van der Waals surface area (Å²) < 4.78 is 5.23. The summed E-state index contributed by atoms with van der Waals surface area (Å²) in [6.45, 7) is 2.03. The van der Waals surface area contributed by atoms with Crippen molar-refractivity contribution in [3.63, 3.8) is 0 Å². The van der Waals surface area contributed by atoms with Crippen molar-refractivity contribution in [2.45, 2.75) is 13.3 Å². The van der Waals surface area contributed by atoms with Crippen LogP contribution in [0.3, 0.4) is 0 Å². The molecule has 3 heteroatoms. The molecular weight excluding hydrogens is 192 g/mol. The van der Waals surface area contributed by atoms with Gasteiger partial charge in [0.15, 0.2) is 6.29 Å². The van der Waals surface area contributed by atoms with Crippen molar-refractivity contribution in [3.8, 4) is 0 Å². The molecule has 0 aliphatic heterocycles. The number of rotatable bonds is 2. The molecule has 15 heavy (non-hydrogen) atoms. The summed E-state index contributed by atoms with van der Waals surface area (Å²) in [6, 6.07) is 5.39. The number of carbonyl (C=O) groups is 1. The van der Waals surface area contributed by atoms with E-state index in [1.807, 2.05) is 19.1 Å². The van der Waals surface area contributed by atoms with Crippen LogP contribution in [0.4, 0.5) is 0 Å². The van der Waals surface area contributed by atoms with Gasteiger partial charge in [0.2, 0.25) is 5.43 Å². The van der Waals surface area contributed by atoms with Crippen molar-refractivity contribution in [3.05, 3.63) is 45.8 Å². The first-order valence-corrected chi connectivity index (χ1v) is 4.76.